The number of hydrogen-bond acceptors (Lipinski definition) is 8. The molecular weight excluding hydrogens is 408 g/mol. The molecule has 156 valence electrons. The number of carboxylic acids is 1. The number of imidazole rings is 1. The highest BCUT2D eigenvalue weighted by atomic mass is 32.1. The average molecular weight is 433 g/mol. The van der Waals surface area contributed by atoms with Crippen molar-refractivity contribution in [1.82, 2.24) is 25.9 Å². The number of nitrogens with zero attached hydrogens (tertiary/aromatic N) is 1. The van der Waals surface area contributed by atoms with Gasteiger partial charge >= 0.3 is 5.97 Å². The van der Waals surface area contributed by atoms with E-state index in [0.29, 0.717) is 5.69 Å². The summed E-state index contributed by atoms with van der Waals surface area (Å²) in [6.45, 7) is 1.47. The largest absolute Gasteiger partial charge is 0.480 e. The van der Waals surface area contributed by atoms with Gasteiger partial charge in [-0.25, -0.2) is 9.78 Å². The first kappa shape index (κ1) is 23.8. The number of amides is 3. The van der Waals surface area contributed by atoms with Gasteiger partial charge in [0.25, 0.3) is 0 Å². The highest BCUT2D eigenvalue weighted by Crippen LogP contribution is 2.02. The number of hydrogen-bond donors (Lipinski definition) is 8. The van der Waals surface area contributed by atoms with Crippen molar-refractivity contribution in [2.45, 2.75) is 37.5 Å². The van der Waals surface area contributed by atoms with Gasteiger partial charge in [0.05, 0.1) is 12.4 Å². The molecule has 0 fully saturated rings. The molecule has 0 spiro atoms. The molecule has 13 heteroatoms. The van der Waals surface area contributed by atoms with Crippen molar-refractivity contribution in [2.75, 3.05) is 11.5 Å². The average Bonchev–Trinajstić information content (AvgIpc) is 3.15. The minimum Gasteiger partial charge on any atom is -0.480 e. The maximum absolute atomic E-state index is 12.6. The zero-order chi connectivity index (χ0) is 21.3. The number of rotatable bonds is 11. The van der Waals surface area contributed by atoms with E-state index < -0.39 is 47.9 Å². The second kappa shape index (κ2) is 11.6. The molecule has 1 aromatic rings. The first-order valence-corrected chi connectivity index (χ1v) is 9.54. The lowest BCUT2D eigenvalue weighted by molar-refractivity contribution is -0.141. The Kier molecular flexibility index (Phi) is 9.82. The van der Waals surface area contributed by atoms with Gasteiger partial charge in [-0.1, -0.05) is 0 Å². The second-order valence-electron chi connectivity index (χ2n) is 5.96. The number of nitrogens with two attached hydrogens (primary N) is 1. The van der Waals surface area contributed by atoms with E-state index in [-0.39, 0.29) is 17.9 Å². The van der Waals surface area contributed by atoms with E-state index in [2.05, 4.69) is 51.2 Å². The van der Waals surface area contributed by atoms with Crippen LogP contribution >= 0.6 is 25.3 Å². The predicted octanol–water partition coefficient (Wildman–Crippen LogP) is -2.30. The molecule has 0 saturated heterocycles. The first-order chi connectivity index (χ1) is 13.2. The summed E-state index contributed by atoms with van der Waals surface area (Å²) in [7, 11) is 0. The molecule has 0 saturated carbocycles. The lowest BCUT2D eigenvalue weighted by atomic mass is 10.1. The first-order valence-electron chi connectivity index (χ1n) is 8.28. The topological polar surface area (TPSA) is 179 Å². The van der Waals surface area contributed by atoms with Gasteiger partial charge in [-0.2, -0.15) is 25.3 Å². The van der Waals surface area contributed by atoms with Crippen LogP contribution in [0.2, 0.25) is 0 Å². The zero-order valence-electron chi connectivity index (χ0n) is 15.1. The molecule has 0 aliphatic rings. The molecular formula is C15H24N6O5S2. The number of H-pyrrole nitrogens is 1. The van der Waals surface area contributed by atoms with E-state index in [0.717, 1.165) is 0 Å². The van der Waals surface area contributed by atoms with Gasteiger partial charge < -0.3 is 31.8 Å². The Bertz CT molecular complexity index is 684. The number of aliphatic carboxylic acids is 1. The number of aromatic nitrogens is 2. The van der Waals surface area contributed by atoms with Crippen molar-refractivity contribution in [1.29, 1.82) is 0 Å². The van der Waals surface area contributed by atoms with Crippen LogP contribution in [-0.2, 0) is 25.6 Å². The predicted molar refractivity (Wildman–Crippen MR) is 107 cm³/mol. The molecule has 0 aliphatic carbocycles. The van der Waals surface area contributed by atoms with Crippen LogP contribution in [0.15, 0.2) is 12.5 Å². The minimum atomic E-state index is -1.26. The Morgan fingerprint density at radius 1 is 1.07 bits per heavy atom. The second-order valence-corrected chi connectivity index (χ2v) is 6.69. The Labute approximate surface area is 172 Å². The van der Waals surface area contributed by atoms with Gasteiger partial charge in [-0.3, -0.25) is 14.4 Å². The summed E-state index contributed by atoms with van der Waals surface area (Å²) in [5.41, 5.74) is 6.11. The van der Waals surface area contributed by atoms with E-state index in [4.69, 9.17) is 10.8 Å². The Hall–Kier alpha value is -2.25. The third-order valence-electron chi connectivity index (χ3n) is 3.64. The molecule has 1 heterocycles. The van der Waals surface area contributed by atoms with Crippen molar-refractivity contribution in [2.24, 2.45) is 5.73 Å². The summed E-state index contributed by atoms with van der Waals surface area (Å²) in [5, 5.41) is 16.2. The molecule has 0 radical (unpaired) electrons. The van der Waals surface area contributed by atoms with Crippen molar-refractivity contribution in [3.63, 3.8) is 0 Å². The monoisotopic (exact) mass is 432 g/mol. The van der Waals surface area contributed by atoms with E-state index in [9.17, 15) is 19.2 Å². The third kappa shape index (κ3) is 7.40. The van der Waals surface area contributed by atoms with Crippen molar-refractivity contribution in [3.8, 4) is 0 Å². The van der Waals surface area contributed by atoms with E-state index in [1.165, 1.54) is 19.4 Å². The van der Waals surface area contributed by atoms with Crippen molar-refractivity contribution < 1.29 is 24.3 Å². The van der Waals surface area contributed by atoms with Crippen LogP contribution in [0.25, 0.3) is 0 Å². The highest BCUT2D eigenvalue weighted by Gasteiger charge is 2.29. The number of carboxylic acid groups (broad SMARTS) is 1. The maximum Gasteiger partial charge on any atom is 0.327 e. The standard InChI is InChI=1S/C15H24N6O5S2/c1-7(16)12(22)19-9(2-8-3-17-6-18-8)13(23)20-10(4-27)14(24)21-11(5-28)15(25)26/h3,6-7,9-11,27-28H,2,4-5,16H2,1H3,(H,17,18)(H,19,22)(H,20,23)(H,21,24)(H,25,26). The summed E-state index contributed by atoms with van der Waals surface area (Å²) in [6.07, 6.45) is 3.00. The quantitative estimate of drug-likeness (QED) is 0.181. The molecule has 7 N–H and O–H groups in total. The Morgan fingerprint density at radius 3 is 2.07 bits per heavy atom. The fourth-order valence-electron chi connectivity index (χ4n) is 2.05. The van der Waals surface area contributed by atoms with E-state index in [1.807, 2.05) is 0 Å². The van der Waals surface area contributed by atoms with Crippen molar-refractivity contribution >= 4 is 48.9 Å². The van der Waals surface area contributed by atoms with Gasteiger partial charge in [-0.15, -0.1) is 0 Å². The zero-order valence-corrected chi connectivity index (χ0v) is 16.9. The van der Waals surface area contributed by atoms with Gasteiger partial charge in [-0.05, 0) is 6.92 Å². The fraction of sp³-hybridized carbons (Fsp3) is 0.533. The maximum atomic E-state index is 12.6. The molecule has 28 heavy (non-hydrogen) atoms. The molecule has 1 rings (SSSR count). The van der Waals surface area contributed by atoms with Gasteiger partial charge in [0, 0.05) is 29.8 Å². The van der Waals surface area contributed by atoms with Crippen LogP contribution < -0.4 is 21.7 Å². The van der Waals surface area contributed by atoms with Crippen LogP contribution in [0.1, 0.15) is 12.6 Å². The molecule has 3 amide bonds. The Balaban J connectivity index is 2.85. The van der Waals surface area contributed by atoms with Gasteiger partial charge in [0.1, 0.15) is 18.1 Å². The molecule has 4 unspecified atom stereocenters. The summed E-state index contributed by atoms with van der Waals surface area (Å²) < 4.78 is 0. The SMILES string of the molecule is CC(N)C(=O)NC(Cc1cnc[nH]1)C(=O)NC(CS)C(=O)NC(CS)C(=O)O. The molecule has 11 nitrogen and oxygen atoms in total. The normalized spacial score (nSPS) is 15.0. The lowest BCUT2D eigenvalue weighted by Crippen LogP contribution is -2.58. The van der Waals surface area contributed by atoms with Crippen LogP contribution in [-0.4, -0.2) is 74.4 Å². The minimum absolute atomic E-state index is 0.0829. The molecule has 0 bridgehead atoms. The number of aromatic amines is 1. The molecule has 0 aromatic carbocycles. The lowest BCUT2D eigenvalue weighted by Gasteiger charge is -2.23. The number of thiol groups is 2. The number of carbonyl (C=O) groups is 4. The molecule has 4 atom stereocenters. The van der Waals surface area contributed by atoms with Crippen LogP contribution in [0, 0.1) is 0 Å². The van der Waals surface area contributed by atoms with Crippen LogP contribution in [0.4, 0.5) is 0 Å². The van der Waals surface area contributed by atoms with Crippen LogP contribution in [0.5, 0.6) is 0 Å². The summed E-state index contributed by atoms with van der Waals surface area (Å²) in [5.74, 6) is -3.41. The summed E-state index contributed by atoms with van der Waals surface area (Å²) in [4.78, 5) is 54.5. The van der Waals surface area contributed by atoms with E-state index in [1.54, 1.807) is 0 Å². The Morgan fingerprint density at radius 2 is 1.61 bits per heavy atom. The molecule has 0 aliphatic heterocycles. The van der Waals surface area contributed by atoms with Crippen LogP contribution in [0.3, 0.4) is 0 Å². The summed E-state index contributed by atoms with van der Waals surface area (Å²) in [6, 6.07) is -4.20. The third-order valence-corrected chi connectivity index (χ3v) is 4.37. The number of nitrogens with one attached hydrogen (secondary N) is 4. The van der Waals surface area contributed by atoms with E-state index >= 15 is 0 Å². The van der Waals surface area contributed by atoms with Gasteiger partial charge in [0.15, 0.2) is 0 Å². The number of carbonyl (C=O) groups excluding carboxylic acids is 3. The fourth-order valence-corrected chi connectivity index (χ4v) is 2.56. The highest BCUT2D eigenvalue weighted by molar-refractivity contribution is 7.80. The summed E-state index contributed by atoms with van der Waals surface area (Å²) >= 11 is 7.89. The smallest absolute Gasteiger partial charge is 0.327 e. The van der Waals surface area contributed by atoms with Crippen molar-refractivity contribution in [3.05, 3.63) is 18.2 Å². The van der Waals surface area contributed by atoms with Gasteiger partial charge in [0.2, 0.25) is 17.7 Å². The molecule has 1 aromatic heterocycles.